The topological polar surface area (TPSA) is 102 Å². The van der Waals surface area contributed by atoms with E-state index in [0.29, 0.717) is 37.9 Å². The summed E-state index contributed by atoms with van der Waals surface area (Å²) in [7, 11) is 1.72. The van der Waals surface area contributed by atoms with E-state index in [2.05, 4.69) is 50.1 Å². The lowest BCUT2D eigenvalue weighted by atomic mass is 9.97. The van der Waals surface area contributed by atoms with Crippen LogP contribution in [0.25, 0.3) is 10.9 Å². The highest BCUT2D eigenvalue weighted by Crippen LogP contribution is 2.21. The van der Waals surface area contributed by atoms with E-state index in [1.807, 2.05) is 36.2 Å². The number of ether oxygens (including phenoxy) is 1. The van der Waals surface area contributed by atoms with E-state index in [-0.39, 0.29) is 24.3 Å². The van der Waals surface area contributed by atoms with Gasteiger partial charge in [-0.15, -0.1) is 18.3 Å². The van der Waals surface area contributed by atoms with Gasteiger partial charge in [0, 0.05) is 49.3 Å². The summed E-state index contributed by atoms with van der Waals surface area (Å²) in [5.41, 5.74) is 2.21. The van der Waals surface area contributed by atoms with Crippen LogP contribution in [0.2, 0.25) is 0 Å². The molecule has 1 aromatic carbocycles. The molecule has 12 heteroatoms. The highest BCUT2D eigenvalue weighted by atomic mass is 19.4. The highest BCUT2D eigenvalue weighted by molar-refractivity contribution is 5.91. The first-order chi connectivity index (χ1) is 18.1. The Morgan fingerprint density at radius 3 is 2.63 bits per heavy atom. The van der Waals surface area contributed by atoms with Crippen molar-refractivity contribution in [2.75, 3.05) is 44.7 Å². The third-order valence-electron chi connectivity index (χ3n) is 6.41. The number of H-pyrrole nitrogens is 2. The van der Waals surface area contributed by atoms with Crippen LogP contribution >= 0.6 is 0 Å². The standard InChI is InChI=1S/C26H38F3N7O2/c1-5-36(13-12-35(4)14-15-38-26(27,28)29)25-32-23(33-34-25)24(37)31-20(11-10-18(2)3)16-19-17-30-22-9-7-6-8-21(19)22/h6-9,17-18,20,30H,5,10-16H2,1-4H3,(H,31,37)(H,32,33,34). The summed E-state index contributed by atoms with van der Waals surface area (Å²) in [5.74, 6) is 0.673. The monoisotopic (exact) mass is 537 g/mol. The van der Waals surface area contributed by atoms with Crippen LogP contribution in [0.3, 0.4) is 0 Å². The molecule has 3 aromatic rings. The molecule has 9 nitrogen and oxygen atoms in total. The number of nitrogens with one attached hydrogen (secondary N) is 3. The van der Waals surface area contributed by atoms with Gasteiger partial charge in [0.1, 0.15) is 0 Å². The number of para-hydroxylation sites is 1. The van der Waals surface area contributed by atoms with E-state index in [1.54, 1.807) is 11.9 Å². The molecule has 0 saturated heterocycles. The van der Waals surface area contributed by atoms with E-state index in [9.17, 15) is 18.0 Å². The summed E-state index contributed by atoms with van der Waals surface area (Å²) in [5, 5.41) is 11.2. The highest BCUT2D eigenvalue weighted by Gasteiger charge is 2.28. The van der Waals surface area contributed by atoms with Gasteiger partial charge in [-0.25, -0.2) is 0 Å². The summed E-state index contributed by atoms with van der Waals surface area (Å²) in [4.78, 5) is 24.4. The van der Waals surface area contributed by atoms with Crippen molar-refractivity contribution in [3.05, 3.63) is 41.9 Å². The largest absolute Gasteiger partial charge is 0.522 e. The molecule has 1 amide bonds. The molecule has 2 heterocycles. The third kappa shape index (κ3) is 9.02. The van der Waals surface area contributed by atoms with Gasteiger partial charge in [0.15, 0.2) is 0 Å². The fraction of sp³-hybridized carbons (Fsp3) is 0.577. The Bertz CT molecular complexity index is 1150. The molecule has 2 aromatic heterocycles. The van der Waals surface area contributed by atoms with Gasteiger partial charge in [0.05, 0.1) is 6.61 Å². The number of amides is 1. The number of carbonyl (C=O) groups excluding carboxylic acids is 1. The molecule has 0 aliphatic heterocycles. The van der Waals surface area contributed by atoms with E-state index in [1.165, 1.54) is 0 Å². The summed E-state index contributed by atoms with van der Waals surface area (Å²) in [6.07, 6.45) is -0.142. The molecule has 3 rings (SSSR count). The number of hydrogen-bond acceptors (Lipinski definition) is 6. The molecule has 38 heavy (non-hydrogen) atoms. The molecule has 210 valence electrons. The Balaban J connectivity index is 1.59. The Hall–Kier alpha value is -3.12. The zero-order valence-corrected chi connectivity index (χ0v) is 22.4. The second kappa shape index (κ2) is 13.6. The van der Waals surface area contributed by atoms with Gasteiger partial charge in [-0.2, -0.15) is 4.98 Å². The number of benzene rings is 1. The number of alkyl halides is 3. The van der Waals surface area contributed by atoms with Crippen molar-refractivity contribution in [3.8, 4) is 0 Å². The number of nitrogens with zero attached hydrogens (tertiary/aromatic N) is 4. The maximum absolute atomic E-state index is 13.1. The van der Waals surface area contributed by atoms with Crippen LogP contribution in [0.1, 0.15) is 49.8 Å². The first-order valence-corrected chi connectivity index (χ1v) is 13.0. The summed E-state index contributed by atoms with van der Waals surface area (Å²) >= 11 is 0. The van der Waals surface area contributed by atoms with Crippen LogP contribution < -0.4 is 10.2 Å². The van der Waals surface area contributed by atoms with Crippen molar-refractivity contribution in [2.45, 2.75) is 52.4 Å². The molecular weight excluding hydrogens is 499 g/mol. The number of aromatic amines is 2. The van der Waals surface area contributed by atoms with Gasteiger partial charge in [-0.1, -0.05) is 32.0 Å². The van der Waals surface area contributed by atoms with E-state index < -0.39 is 13.0 Å². The molecular formula is C26H38F3N7O2. The minimum Gasteiger partial charge on any atom is -0.361 e. The second-order valence-electron chi connectivity index (χ2n) is 9.87. The van der Waals surface area contributed by atoms with Crippen molar-refractivity contribution in [1.29, 1.82) is 0 Å². The number of hydrogen-bond donors (Lipinski definition) is 3. The van der Waals surface area contributed by atoms with Gasteiger partial charge < -0.3 is 20.1 Å². The smallest absolute Gasteiger partial charge is 0.361 e. The molecule has 0 bridgehead atoms. The molecule has 0 radical (unpaired) electrons. The van der Waals surface area contributed by atoms with Gasteiger partial charge in [0.25, 0.3) is 5.91 Å². The number of aromatic nitrogens is 4. The average molecular weight is 538 g/mol. The molecule has 0 spiro atoms. The number of halogens is 3. The minimum absolute atomic E-state index is 0.0764. The molecule has 1 unspecified atom stereocenters. The van der Waals surface area contributed by atoms with Crippen LogP contribution in [-0.2, 0) is 11.2 Å². The van der Waals surface area contributed by atoms with E-state index in [0.717, 1.165) is 29.3 Å². The predicted molar refractivity (Wildman–Crippen MR) is 141 cm³/mol. The Morgan fingerprint density at radius 1 is 1.16 bits per heavy atom. The quantitative estimate of drug-likeness (QED) is 0.266. The van der Waals surface area contributed by atoms with Gasteiger partial charge in [0.2, 0.25) is 11.8 Å². The zero-order valence-electron chi connectivity index (χ0n) is 22.4. The Labute approximate surface area is 221 Å². The number of likely N-dealkylation sites (N-methyl/N-ethyl adjacent to an activating group) is 2. The van der Waals surface area contributed by atoms with Gasteiger partial charge in [-0.3, -0.25) is 14.6 Å². The fourth-order valence-corrected chi connectivity index (χ4v) is 4.20. The first-order valence-electron chi connectivity index (χ1n) is 13.0. The van der Waals surface area contributed by atoms with Crippen molar-refractivity contribution < 1.29 is 22.7 Å². The lowest BCUT2D eigenvalue weighted by Crippen LogP contribution is -2.37. The fourth-order valence-electron chi connectivity index (χ4n) is 4.20. The van der Waals surface area contributed by atoms with E-state index >= 15 is 0 Å². The number of anilines is 1. The van der Waals surface area contributed by atoms with Crippen molar-refractivity contribution in [1.82, 2.24) is 30.4 Å². The van der Waals surface area contributed by atoms with Crippen molar-refractivity contribution in [3.63, 3.8) is 0 Å². The molecule has 0 aliphatic rings. The SMILES string of the molecule is CCN(CCN(C)CCOC(F)(F)F)c1n[nH]c(C(=O)NC(CCC(C)C)Cc2c[nH]c3ccccc23)n1. The number of fused-ring (bicyclic) bond motifs is 1. The summed E-state index contributed by atoms with van der Waals surface area (Å²) < 4.78 is 40.4. The van der Waals surface area contributed by atoms with E-state index in [4.69, 9.17) is 0 Å². The normalized spacial score (nSPS) is 13.0. The maximum atomic E-state index is 13.1. The number of carbonyl (C=O) groups is 1. The minimum atomic E-state index is -4.63. The van der Waals surface area contributed by atoms with Crippen molar-refractivity contribution in [2.24, 2.45) is 5.92 Å². The Kier molecular flexibility index (Phi) is 10.5. The van der Waals surface area contributed by atoms with Crippen LogP contribution in [0, 0.1) is 5.92 Å². The summed E-state index contributed by atoms with van der Waals surface area (Å²) in [6.45, 7) is 7.47. The predicted octanol–water partition coefficient (Wildman–Crippen LogP) is 4.36. The van der Waals surface area contributed by atoms with Gasteiger partial charge >= 0.3 is 6.36 Å². The average Bonchev–Trinajstić information content (AvgIpc) is 3.50. The lowest BCUT2D eigenvalue weighted by Gasteiger charge is -2.23. The molecule has 0 aliphatic carbocycles. The first kappa shape index (κ1) is 29.4. The zero-order chi connectivity index (χ0) is 27.7. The lowest BCUT2D eigenvalue weighted by molar-refractivity contribution is -0.324. The molecule has 1 atom stereocenters. The van der Waals surface area contributed by atoms with Crippen LogP contribution in [0.5, 0.6) is 0 Å². The van der Waals surface area contributed by atoms with Crippen molar-refractivity contribution >= 4 is 22.8 Å². The van der Waals surface area contributed by atoms with Crippen LogP contribution in [0.4, 0.5) is 19.1 Å². The van der Waals surface area contributed by atoms with Gasteiger partial charge in [-0.05, 0) is 50.8 Å². The third-order valence-corrected chi connectivity index (χ3v) is 6.41. The molecule has 0 fully saturated rings. The number of rotatable bonds is 15. The summed E-state index contributed by atoms with van der Waals surface area (Å²) in [6, 6.07) is 8.02. The van der Waals surface area contributed by atoms with Crippen LogP contribution in [-0.4, -0.2) is 83.2 Å². The second-order valence-corrected chi connectivity index (χ2v) is 9.87. The molecule has 0 saturated carbocycles. The van der Waals surface area contributed by atoms with Crippen LogP contribution in [0.15, 0.2) is 30.5 Å². The Morgan fingerprint density at radius 2 is 1.92 bits per heavy atom. The molecule has 3 N–H and O–H groups in total. The maximum Gasteiger partial charge on any atom is 0.522 e.